The number of methoxy groups -OCH3 is 1. The summed E-state index contributed by atoms with van der Waals surface area (Å²) in [6.07, 6.45) is -10.7. The second kappa shape index (κ2) is 17.4. The number of benzene rings is 1. The zero-order valence-electron chi connectivity index (χ0n) is 35.6. The van der Waals surface area contributed by atoms with E-state index in [4.69, 9.17) is 14.2 Å². The van der Waals surface area contributed by atoms with E-state index in [1.807, 2.05) is 4.72 Å². The molecule has 1 aromatic heterocycles. The molecule has 0 radical (unpaired) electrons. The van der Waals surface area contributed by atoms with Gasteiger partial charge in [-0.3, -0.25) is 24.0 Å². The largest absolute Gasteiger partial charge is 0.497 e. The van der Waals surface area contributed by atoms with E-state index < -0.39 is 130 Å². The normalized spacial score (nSPS) is 30.8. The van der Waals surface area contributed by atoms with Crippen molar-refractivity contribution < 1.29 is 77.6 Å². The van der Waals surface area contributed by atoms with E-state index in [1.54, 1.807) is 19.1 Å². The molecule has 2 saturated carbocycles. The fraction of sp³-hybridized carbons (Fsp3) is 0.643. The summed E-state index contributed by atoms with van der Waals surface area (Å²) in [7, 11) is -3.35. The first-order chi connectivity index (χ1) is 30.4. The number of aromatic nitrogens is 1. The van der Waals surface area contributed by atoms with Crippen LogP contribution in [0.5, 0.6) is 11.6 Å². The van der Waals surface area contributed by atoms with Gasteiger partial charge in [-0.1, -0.05) is 26.0 Å². The average molecular weight is 950 g/mol. The number of nitrogens with zero attached hydrogens (tertiary/aromatic N) is 3. The van der Waals surface area contributed by atoms with Crippen LogP contribution in [0.15, 0.2) is 36.5 Å². The molecule has 5 aliphatic rings. The van der Waals surface area contributed by atoms with Crippen molar-refractivity contribution in [1.29, 1.82) is 0 Å². The molecule has 3 aliphatic heterocycles. The van der Waals surface area contributed by atoms with Crippen LogP contribution < -0.4 is 19.5 Å². The van der Waals surface area contributed by atoms with Crippen LogP contribution >= 0.6 is 0 Å². The van der Waals surface area contributed by atoms with Gasteiger partial charge in [-0.05, 0) is 81.4 Å². The van der Waals surface area contributed by atoms with Crippen LogP contribution in [-0.2, 0) is 35.3 Å². The van der Waals surface area contributed by atoms with E-state index >= 15 is 18.0 Å². The zero-order valence-corrected chi connectivity index (χ0v) is 36.5. The molecule has 358 valence electrons. The first kappa shape index (κ1) is 48.0. The molecule has 4 heterocycles. The van der Waals surface area contributed by atoms with Gasteiger partial charge in [0.15, 0.2) is 5.54 Å². The molecule has 1 aromatic carbocycles. The van der Waals surface area contributed by atoms with Gasteiger partial charge in [0.05, 0.1) is 25.8 Å². The van der Waals surface area contributed by atoms with Crippen molar-refractivity contribution in [3.63, 3.8) is 0 Å². The number of hydrogen-bond donors (Lipinski definition) is 3. The van der Waals surface area contributed by atoms with Crippen molar-refractivity contribution in [3.8, 4) is 11.6 Å². The highest BCUT2D eigenvalue weighted by atomic mass is 32.2. The Bertz CT molecular complexity index is 2340. The molecule has 0 bridgehead atoms. The van der Waals surface area contributed by atoms with Gasteiger partial charge in [0.1, 0.15) is 40.9 Å². The van der Waals surface area contributed by atoms with Crippen molar-refractivity contribution in [1.82, 2.24) is 24.8 Å². The number of amides is 4. The van der Waals surface area contributed by atoms with E-state index in [-0.39, 0.29) is 71.9 Å². The van der Waals surface area contributed by atoms with Crippen LogP contribution in [0.4, 0.5) is 35.5 Å². The maximum Gasteiger partial charge on any atom is 0.418 e. The third-order valence-electron chi connectivity index (χ3n) is 13.6. The Morgan fingerprint density at radius 1 is 1.09 bits per heavy atom. The van der Waals surface area contributed by atoms with Gasteiger partial charge in [-0.15, -0.1) is 0 Å². The second-order valence-electron chi connectivity index (χ2n) is 18.0. The highest BCUT2D eigenvalue weighted by Gasteiger charge is 2.66. The minimum absolute atomic E-state index is 0.0301. The molecule has 0 spiro atoms. The summed E-state index contributed by atoms with van der Waals surface area (Å²) in [4.78, 5) is 62.1. The number of carbonyl (C=O) groups is 4. The summed E-state index contributed by atoms with van der Waals surface area (Å²) in [6.45, 7) is 0.0570. The number of sulfonamides is 1. The number of ether oxygens (including phenoxy) is 3. The smallest absolute Gasteiger partial charge is 0.418 e. The average Bonchev–Trinajstić information content (AvgIpc) is 4.14. The van der Waals surface area contributed by atoms with E-state index in [0.29, 0.717) is 19.0 Å². The first-order valence-electron chi connectivity index (χ1n) is 21.2. The summed E-state index contributed by atoms with van der Waals surface area (Å²) in [5, 5.41) is 12.8. The molecule has 2 saturated heterocycles. The quantitative estimate of drug-likeness (QED) is 0.200. The second-order valence-corrected chi connectivity index (χ2v) is 20.1. The van der Waals surface area contributed by atoms with Crippen LogP contribution in [0, 0.1) is 17.8 Å². The van der Waals surface area contributed by atoms with Gasteiger partial charge in [-0.25, -0.2) is 22.6 Å². The standard InChI is InChI=1S/C42H50F7N5O10S/c1-23-7-4-5-8-25-18-40(25,36(57)52-65(60,61)38(21-43)12-13-38)51-33(55)31-17-27(64-34-28-10-9-26(62-3)16-29(28)30(19-50-34)41(44,45)46)20-53(31)35(56)32(24(2)15-23)54(37(58)59)39(42(47,48)49)11-6-14-63-22-39/h5,8-10,16,19,23-25,27,31-32H,4,6-7,11-15,17-18,20-22H2,1-3H3,(H,51,55)(H,52,57)(H,58,59)/t23-,24-,25-,27-,31+,32+,39?,40-/m1/s1. The summed E-state index contributed by atoms with van der Waals surface area (Å²) in [6, 6.07) is -0.147. The zero-order chi connectivity index (χ0) is 47.5. The van der Waals surface area contributed by atoms with Crippen molar-refractivity contribution in [2.24, 2.45) is 17.8 Å². The Morgan fingerprint density at radius 3 is 2.42 bits per heavy atom. The molecule has 3 N–H and O–H groups in total. The number of alkyl halides is 7. The van der Waals surface area contributed by atoms with Gasteiger partial charge in [-0.2, -0.15) is 26.3 Å². The van der Waals surface area contributed by atoms with Gasteiger partial charge >= 0.3 is 18.4 Å². The molecular weight excluding hydrogens is 900 g/mol. The number of pyridine rings is 1. The van der Waals surface area contributed by atoms with Crippen LogP contribution in [0.1, 0.15) is 77.2 Å². The molecule has 8 atom stereocenters. The predicted octanol–water partition coefficient (Wildman–Crippen LogP) is 5.91. The van der Waals surface area contributed by atoms with Gasteiger partial charge in [0, 0.05) is 35.9 Å². The van der Waals surface area contributed by atoms with E-state index in [9.17, 15) is 45.5 Å². The van der Waals surface area contributed by atoms with E-state index in [0.717, 1.165) is 11.0 Å². The van der Waals surface area contributed by atoms with E-state index in [2.05, 4.69) is 10.3 Å². The van der Waals surface area contributed by atoms with Gasteiger partial charge < -0.3 is 29.5 Å². The summed E-state index contributed by atoms with van der Waals surface area (Å²) < 4.78 is 146. The Kier molecular flexibility index (Phi) is 12.8. The summed E-state index contributed by atoms with van der Waals surface area (Å²) >= 11 is 0. The molecule has 7 rings (SSSR count). The lowest BCUT2D eigenvalue weighted by Crippen LogP contribution is -2.71. The number of fused-ring (bicyclic) bond motifs is 3. The molecule has 23 heteroatoms. The molecule has 65 heavy (non-hydrogen) atoms. The predicted molar refractivity (Wildman–Crippen MR) is 216 cm³/mol. The summed E-state index contributed by atoms with van der Waals surface area (Å²) in [5.74, 6) is -6.09. The maximum absolute atomic E-state index is 15.4. The molecule has 1 unspecified atom stereocenters. The van der Waals surface area contributed by atoms with Crippen molar-refractivity contribution in [2.75, 3.05) is 33.5 Å². The number of allylic oxidation sites excluding steroid dienone is 1. The molecule has 15 nitrogen and oxygen atoms in total. The molecular formula is C42H50F7N5O10S. The number of nitrogens with one attached hydrogen (secondary N) is 2. The Balaban J connectivity index is 1.32. The Labute approximate surface area is 369 Å². The maximum atomic E-state index is 15.4. The number of hydrogen-bond acceptors (Lipinski definition) is 10. The molecule has 4 amide bonds. The number of rotatable bonds is 9. The third kappa shape index (κ3) is 8.89. The summed E-state index contributed by atoms with van der Waals surface area (Å²) in [5.41, 5.74) is -6.31. The van der Waals surface area contributed by atoms with Crippen LogP contribution in [-0.4, -0.2) is 126 Å². The van der Waals surface area contributed by atoms with E-state index in [1.165, 1.54) is 26.2 Å². The first-order valence-corrected chi connectivity index (χ1v) is 22.7. The number of halogens is 7. The minimum atomic E-state index is -5.26. The van der Waals surface area contributed by atoms with Crippen molar-refractivity contribution >= 4 is 44.6 Å². The fourth-order valence-electron chi connectivity index (χ4n) is 9.59. The lowest BCUT2D eigenvalue weighted by molar-refractivity contribution is -0.260. The van der Waals surface area contributed by atoms with Crippen molar-refractivity contribution in [3.05, 3.63) is 42.1 Å². The SMILES string of the molecule is COc1ccc2c(O[C@@H]3C[C@H]4C(=O)N[C@]5(C(=O)NS(=O)(=O)C6(CF)CC6)C[C@H]5C=CCC[C@@H](C)C[C@@H](C)[C@H](N(C(=O)O)C5(C(F)(F)F)CCCOC5)C(=O)N4C3)ncc(C(F)(F)F)c2c1. The molecule has 2 aromatic rings. The third-order valence-corrected chi connectivity index (χ3v) is 15.7. The van der Waals surface area contributed by atoms with Crippen molar-refractivity contribution in [2.45, 2.75) is 118 Å². The molecule has 2 aliphatic carbocycles. The number of carbonyl (C=O) groups excluding carboxylic acids is 3. The van der Waals surface area contributed by atoms with Gasteiger partial charge in [0.25, 0.3) is 5.91 Å². The van der Waals surface area contributed by atoms with Crippen LogP contribution in [0.2, 0.25) is 0 Å². The topological polar surface area (TPSA) is 194 Å². The lowest BCUT2D eigenvalue weighted by atomic mass is 9.82. The minimum Gasteiger partial charge on any atom is -0.497 e. The highest BCUT2D eigenvalue weighted by Crippen LogP contribution is 2.49. The Hall–Kier alpha value is -4.93. The van der Waals surface area contributed by atoms with Crippen LogP contribution in [0.25, 0.3) is 10.8 Å². The monoisotopic (exact) mass is 949 g/mol. The highest BCUT2D eigenvalue weighted by molar-refractivity contribution is 7.91. The lowest BCUT2D eigenvalue weighted by Gasteiger charge is -2.50. The fourth-order valence-corrected chi connectivity index (χ4v) is 11.0. The Morgan fingerprint density at radius 2 is 1.82 bits per heavy atom. The van der Waals surface area contributed by atoms with Gasteiger partial charge in [0.2, 0.25) is 27.7 Å². The van der Waals surface area contributed by atoms with Crippen LogP contribution in [0.3, 0.4) is 0 Å². The molecule has 4 fully saturated rings. The number of carboxylic acid groups (broad SMARTS) is 1.